The highest BCUT2D eigenvalue weighted by Crippen LogP contribution is 2.33. The van der Waals surface area contributed by atoms with Crippen LogP contribution in [0, 0.1) is 0 Å². The highest BCUT2D eigenvalue weighted by atomic mass is 35.5. The number of benzene rings is 1. The number of hydrogen-bond acceptors (Lipinski definition) is 6. The fourth-order valence-corrected chi connectivity index (χ4v) is 2.38. The molecule has 1 aliphatic rings. The zero-order chi connectivity index (χ0) is 15.9. The van der Waals surface area contributed by atoms with Gasteiger partial charge < -0.3 is 24.3 Å². The van der Waals surface area contributed by atoms with E-state index in [1.807, 2.05) is 0 Å². The van der Waals surface area contributed by atoms with Crippen molar-refractivity contribution in [3.05, 3.63) is 22.7 Å². The van der Waals surface area contributed by atoms with Gasteiger partial charge in [0, 0.05) is 19.2 Å². The smallest absolute Gasteiger partial charge is 0.341 e. The molecule has 0 saturated carbocycles. The lowest BCUT2D eigenvalue weighted by molar-refractivity contribution is 0.0314. The van der Waals surface area contributed by atoms with Crippen LogP contribution in [0.25, 0.3) is 0 Å². The van der Waals surface area contributed by atoms with Gasteiger partial charge in [0.15, 0.2) is 0 Å². The SMILES string of the molecule is COC(=O)c1cc(Cl)c(OC)cc1OCC1CNCCCO1. The number of ether oxygens (including phenoxy) is 4. The molecule has 1 atom stereocenters. The lowest BCUT2D eigenvalue weighted by atomic mass is 10.2. The van der Waals surface area contributed by atoms with Crippen LogP contribution >= 0.6 is 11.6 Å². The van der Waals surface area contributed by atoms with Crippen molar-refractivity contribution in [1.29, 1.82) is 0 Å². The van der Waals surface area contributed by atoms with Crippen molar-refractivity contribution in [1.82, 2.24) is 5.32 Å². The number of carbonyl (C=O) groups excluding carboxylic acids is 1. The van der Waals surface area contributed by atoms with Gasteiger partial charge in [-0.2, -0.15) is 0 Å². The fourth-order valence-electron chi connectivity index (χ4n) is 2.14. The topological polar surface area (TPSA) is 66.0 Å². The van der Waals surface area contributed by atoms with E-state index >= 15 is 0 Å². The summed E-state index contributed by atoms with van der Waals surface area (Å²) in [6.45, 7) is 2.65. The minimum atomic E-state index is -0.514. The highest BCUT2D eigenvalue weighted by Gasteiger charge is 2.19. The standard InChI is InChI=1S/C15H20ClNO5/c1-19-14-7-13(11(6-12(14)16)15(18)20-2)22-9-10-8-17-4-3-5-21-10/h6-7,10,17H,3-5,8-9H2,1-2H3. The Morgan fingerprint density at radius 2 is 2.23 bits per heavy atom. The molecule has 1 heterocycles. The van der Waals surface area contributed by atoms with Crippen molar-refractivity contribution in [2.24, 2.45) is 0 Å². The molecule has 1 saturated heterocycles. The maximum absolute atomic E-state index is 11.8. The van der Waals surface area contributed by atoms with Gasteiger partial charge in [-0.3, -0.25) is 0 Å². The molecule has 122 valence electrons. The average Bonchev–Trinajstić information content (AvgIpc) is 2.81. The summed E-state index contributed by atoms with van der Waals surface area (Å²) in [4.78, 5) is 11.8. The van der Waals surface area contributed by atoms with Crippen LogP contribution in [-0.2, 0) is 9.47 Å². The predicted octanol–water partition coefficient (Wildman–Crippen LogP) is 1.89. The summed E-state index contributed by atoms with van der Waals surface area (Å²) in [5.41, 5.74) is 0.259. The van der Waals surface area contributed by atoms with Crippen LogP contribution in [0.3, 0.4) is 0 Å². The van der Waals surface area contributed by atoms with Gasteiger partial charge in [-0.15, -0.1) is 0 Å². The van der Waals surface area contributed by atoms with Gasteiger partial charge in [0.05, 0.1) is 19.2 Å². The van der Waals surface area contributed by atoms with E-state index in [1.54, 1.807) is 6.07 Å². The first-order valence-electron chi connectivity index (χ1n) is 7.06. The van der Waals surface area contributed by atoms with E-state index in [-0.39, 0.29) is 11.7 Å². The summed E-state index contributed by atoms with van der Waals surface area (Å²) >= 11 is 6.05. The number of methoxy groups -OCH3 is 2. The minimum Gasteiger partial charge on any atom is -0.495 e. The molecule has 1 aromatic carbocycles. The van der Waals surface area contributed by atoms with E-state index in [0.29, 0.717) is 36.3 Å². The summed E-state index contributed by atoms with van der Waals surface area (Å²) in [5, 5.41) is 3.59. The molecular formula is C15H20ClNO5. The zero-order valence-electron chi connectivity index (χ0n) is 12.7. The van der Waals surface area contributed by atoms with Crippen molar-refractivity contribution in [3.8, 4) is 11.5 Å². The van der Waals surface area contributed by atoms with Crippen molar-refractivity contribution < 1.29 is 23.7 Å². The van der Waals surface area contributed by atoms with Gasteiger partial charge in [0.2, 0.25) is 0 Å². The van der Waals surface area contributed by atoms with Crippen LogP contribution in [0.1, 0.15) is 16.8 Å². The molecule has 7 heteroatoms. The number of rotatable bonds is 5. The first kappa shape index (κ1) is 16.9. The summed E-state index contributed by atoms with van der Waals surface area (Å²) in [5.74, 6) is 0.282. The normalized spacial score (nSPS) is 18.4. The Morgan fingerprint density at radius 3 is 2.95 bits per heavy atom. The highest BCUT2D eigenvalue weighted by molar-refractivity contribution is 6.32. The molecule has 6 nitrogen and oxygen atoms in total. The summed E-state index contributed by atoms with van der Waals surface area (Å²) in [6, 6.07) is 3.06. The first-order chi connectivity index (χ1) is 10.7. The summed E-state index contributed by atoms with van der Waals surface area (Å²) < 4.78 is 21.3. The van der Waals surface area contributed by atoms with Crippen LogP contribution in [0.5, 0.6) is 11.5 Å². The Kier molecular flexibility index (Phi) is 6.30. The Bertz CT molecular complexity index is 515. The third-order valence-electron chi connectivity index (χ3n) is 3.31. The largest absolute Gasteiger partial charge is 0.495 e. The molecule has 1 N–H and O–H groups in total. The van der Waals surface area contributed by atoms with Gasteiger partial charge >= 0.3 is 5.97 Å². The molecule has 0 spiro atoms. The molecule has 2 rings (SSSR count). The van der Waals surface area contributed by atoms with Crippen LogP contribution in [0.4, 0.5) is 0 Å². The Morgan fingerprint density at radius 1 is 1.41 bits per heavy atom. The fraction of sp³-hybridized carbons (Fsp3) is 0.533. The number of nitrogens with one attached hydrogen (secondary N) is 1. The van der Waals surface area contributed by atoms with E-state index in [1.165, 1.54) is 20.3 Å². The van der Waals surface area contributed by atoms with Crippen molar-refractivity contribution in [2.45, 2.75) is 12.5 Å². The summed E-state index contributed by atoms with van der Waals surface area (Å²) in [6.07, 6.45) is 0.897. The molecule has 1 aliphatic heterocycles. The molecule has 0 amide bonds. The Balaban J connectivity index is 2.14. The van der Waals surface area contributed by atoms with E-state index in [9.17, 15) is 4.79 Å². The van der Waals surface area contributed by atoms with Crippen LogP contribution in [0.2, 0.25) is 5.02 Å². The molecule has 0 aliphatic carbocycles. The second kappa shape index (κ2) is 8.22. The monoisotopic (exact) mass is 329 g/mol. The second-order valence-corrected chi connectivity index (χ2v) is 5.24. The van der Waals surface area contributed by atoms with Gasteiger partial charge in [0.1, 0.15) is 29.8 Å². The van der Waals surface area contributed by atoms with Crippen molar-refractivity contribution >= 4 is 17.6 Å². The van der Waals surface area contributed by atoms with E-state index in [2.05, 4.69) is 5.32 Å². The molecule has 1 fully saturated rings. The van der Waals surface area contributed by atoms with Gasteiger partial charge in [-0.25, -0.2) is 4.79 Å². The molecule has 1 unspecified atom stereocenters. The number of hydrogen-bond donors (Lipinski definition) is 1. The van der Waals surface area contributed by atoms with Gasteiger partial charge in [0.25, 0.3) is 0 Å². The van der Waals surface area contributed by atoms with E-state index in [0.717, 1.165) is 13.0 Å². The number of halogens is 1. The summed E-state index contributed by atoms with van der Waals surface area (Å²) in [7, 11) is 2.81. The van der Waals surface area contributed by atoms with E-state index in [4.69, 9.17) is 30.5 Å². The molecule has 0 bridgehead atoms. The maximum Gasteiger partial charge on any atom is 0.341 e. The number of carbonyl (C=O) groups is 1. The lowest BCUT2D eigenvalue weighted by Gasteiger charge is -2.18. The van der Waals surface area contributed by atoms with Crippen LogP contribution in [0.15, 0.2) is 12.1 Å². The number of esters is 1. The second-order valence-electron chi connectivity index (χ2n) is 4.84. The zero-order valence-corrected chi connectivity index (χ0v) is 13.4. The average molecular weight is 330 g/mol. The molecule has 1 aromatic rings. The lowest BCUT2D eigenvalue weighted by Crippen LogP contribution is -2.31. The quantitative estimate of drug-likeness (QED) is 0.832. The van der Waals surface area contributed by atoms with Crippen molar-refractivity contribution in [3.63, 3.8) is 0 Å². The predicted molar refractivity (Wildman–Crippen MR) is 82.1 cm³/mol. The van der Waals surface area contributed by atoms with Crippen LogP contribution in [-0.4, -0.2) is 52.6 Å². The minimum absolute atomic E-state index is 0.0744. The third-order valence-corrected chi connectivity index (χ3v) is 3.60. The van der Waals surface area contributed by atoms with Crippen molar-refractivity contribution in [2.75, 3.05) is 40.5 Å². The Labute approximate surface area is 134 Å². The molecular weight excluding hydrogens is 310 g/mol. The third kappa shape index (κ3) is 4.25. The van der Waals surface area contributed by atoms with Crippen LogP contribution < -0.4 is 14.8 Å². The maximum atomic E-state index is 11.8. The molecule has 0 radical (unpaired) electrons. The molecule has 0 aromatic heterocycles. The van der Waals surface area contributed by atoms with Gasteiger partial charge in [-0.05, 0) is 19.0 Å². The molecule has 22 heavy (non-hydrogen) atoms. The van der Waals surface area contributed by atoms with Gasteiger partial charge in [-0.1, -0.05) is 11.6 Å². The first-order valence-corrected chi connectivity index (χ1v) is 7.44. The van der Waals surface area contributed by atoms with E-state index < -0.39 is 5.97 Å². The Hall–Kier alpha value is -1.50.